The fraction of sp³-hybridized carbons (Fsp3) is 0.389. The molecule has 7 heteroatoms. The molecule has 1 heterocycles. The van der Waals surface area contributed by atoms with Crippen molar-refractivity contribution in [2.45, 2.75) is 33.2 Å². The zero-order chi connectivity index (χ0) is 18.4. The number of amides is 2. The number of nitrogens with zero attached hydrogens (tertiary/aromatic N) is 1. The molecule has 2 aromatic rings. The number of aryl methyl sites for hydroxylation is 1. The number of carbonyl (C=O) groups excluding carboxylic acids is 2. The maximum Gasteiger partial charge on any atom is 0.407 e. The van der Waals surface area contributed by atoms with Crippen LogP contribution >= 0.6 is 11.3 Å². The van der Waals surface area contributed by atoms with Crippen LogP contribution in [0.3, 0.4) is 0 Å². The van der Waals surface area contributed by atoms with E-state index in [1.165, 1.54) is 18.4 Å². The highest BCUT2D eigenvalue weighted by molar-refractivity contribution is 7.19. The van der Waals surface area contributed by atoms with Crippen LogP contribution in [0.15, 0.2) is 30.3 Å². The maximum atomic E-state index is 12.5. The third-order valence-corrected chi connectivity index (χ3v) is 4.69. The zero-order valence-electron chi connectivity index (χ0n) is 14.8. The van der Waals surface area contributed by atoms with Crippen molar-refractivity contribution in [2.75, 3.05) is 12.4 Å². The normalized spacial score (nSPS) is 11.9. The molecule has 1 aromatic carbocycles. The molecule has 0 aliphatic carbocycles. The summed E-state index contributed by atoms with van der Waals surface area (Å²) >= 11 is 1.41. The number of nitrogens with one attached hydrogen (secondary N) is 2. The van der Waals surface area contributed by atoms with Gasteiger partial charge in [-0.2, -0.15) is 0 Å². The number of hydrogen-bond acceptors (Lipinski definition) is 5. The summed E-state index contributed by atoms with van der Waals surface area (Å²) in [7, 11) is 1.27. The molecule has 0 spiro atoms. The standard InChI is InChI=1S/C18H23N3O3S/c1-11(2)10-14(20-18(23)24-4)16(22)21-17-19-12(3)15(25-17)13-8-6-5-7-9-13/h5-9,11,14H,10H2,1-4H3,(H,20,23)(H,19,21,22). The monoisotopic (exact) mass is 361 g/mol. The molecule has 0 saturated heterocycles. The van der Waals surface area contributed by atoms with E-state index in [1.54, 1.807) is 0 Å². The summed E-state index contributed by atoms with van der Waals surface area (Å²) in [6.45, 7) is 5.88. The Hall–Kier alpha value is -2.41. The fourth-order valence-electron chi connectivity index (χ4n) is 2.40. The Kier molecular flexibility index (Phi) is 6.52. The fourth-order valence-corrected chi connectivity index (χ4v) is 3.38. The van der Waals surface area contributed by atoms with Crippen molar-refractivity contribution in [2.24, 2.45) is 5.92 Å². The zero-order valence-corrected chi connectivity index (χ0v) is 15.6. The summed E-state index contributed by atoms with van der Waals surface area (Å²) in [5, 5.41) is 5.90. The summed E-state index contributed by atoms with van der Waals surface area (Å²) in [5.74, 6) is -0.0571. The lowest BCUT2D eigenvalue weighted by atomic mass is 10.0. The molecular formula is C18H23N3O3S. The molecule has 2 rings (SSSR count). The lowest BCUT2D eigenvalue weighted by Gasteiger charge is -2.18. The Labute approximate surface area is 151 Å². The molecule has 25 heavy (non-hydrogen) atoms. The smallest absolute Gasteiger partial charge is 0.407 e. The molecule has 6 nitrogen and oxygen atoms in total. The first kappa shape index (κ1) is 18.9. The van der Waals surface area contributed by atoms with Gasteiger partial charge in [0.15, 0.2) is 5.13 Å². The Morgan fingerprint density at radius 1 is 1.24 bits per heavy atom. The highest BCUT2D eigenvalue weighted by Gasteiger charge is 2.23. The van der Waals surface area contributed by atoms with Crippen LogP contribution in [0.2, 0.25) is 0 Å². The minimum Gasteiger partial charge on any atom is -0.453 e. The van der Waals surface area contributed by atoms with Crippen molar-refractivity contribution in [3.8, 4) is 10.4 Å². The number of rotatable bonds is 6. The number of methoxy groups -OCH3 is 1. The first-order valence-electron chi connectivity index (χ1n) is 8.09. The summed E-state index contributed by atoms with van der Waals surface area (Å²) in [5.41, 5.74) is 1.91. The Bertz CT molecular complexity index is 728. The van der Waals surface area contributed by atoms with Gasteiger partial charge in [-0.05, 0) is 24.8 Å². The lowest BCUT2D eigenvalue weighted by molar-refractivity contribution is -0.118. The Balaban J connectivity index is 2.14. The molecule has 0 fully saturated rings. The summed E-state index contributed by atoms with van der Waals surface area (Å²) in [6, 6.07) is 9.23. The van der Waals surface area contributed by atoms with Crippen LogP contribution in [0.25, 0.3) is 10.4 Å². The van der Waals surface area contributed by atoms with E-state index >= 15 is 0 Å². The van der Waals surface area contributed by atoms with Crippen molar-refractivity contribution in [1.29, 1.82) is 0 Å². The summed E-state index contributed by atoms with van der Waals surface area (Å²) in [6.07, 6.45) is -0.113. The number of benzene rings is 1. The molecule has 0 saturated carbocycles. The maximum absolute atomic E-state index is 12.5. The van der Waals surface area contributed by atoms with Gasteiger partial charge in [-0.1, -0.05) is 55.5 Å². The highest BCUT2D eigenvalue weighted by atomic mass is 32.1. The summed E-state index contributed by atoms with van der Waals surface area (Å²) < 4.78 is 4.60. The van der Waals surface area contributed by atoms with Crippen LogP contribution in [-0.2, 0) is 9.53 Å². The number of carbonyl (C=O) groups is 2. The predicted molar refractivity (Wildman–Crippen MR) is 99.7 cm³/mol. The average molecular weight is 361 g/mol. The second-order valence-electron chi connectivity index (χ2n) is 6.11. The molecule has 0 aliphatic rings. The van der Waals surface area contributed by atoms with E-state index in [2.05, 4.69) is 20.4 Å². The molecule has 1 aromatic heterocycles. The van der Waals surface area contributed by atoms with Gasteiger partial charge in [0.1, 0.15) is 6.04 Å². The van der Waals surface area contributed by atoms with Gasteiger partial charge in [-0.25, -0.2) is 9.78 Å². The minimum atomic E-state index is -0.670. The molecular weight excluding hydrogens is 338 g/mol. The first-order valence-corrected chi connectivity index (χ1v) is 8.90. The first-order chi connectivity index (χ1) is 11.9. The quantitative estimate of drug-likeness (QED) is 0.819. The molecule has 2 amide bonds. The van der Waals surface area contributed by atoms with Crippen LogP contribution in [0, 0.1) is 12.8 Å². The van der Waals surface area contributed by atoms with Gasteiger partial charge >= 0.3 is 6.09 Å². The number of hydrogen-bond donors (Lipinski definition) is 2. The van der Waals surface area contributed by atoms with Crippen molar-refractivity contribution >= 4 is 28.5 Å². The predicted octanol–water partition coefficient (Wildman–Crippen LogP) is 3.83. The van der Waals surface area contributed by atoms with Crippen LogP contribution in [0.5, 0.6) is 0 Å². The second kappa shape index (κ2) is 8.62. The second-order valence-corrected chi connectivity index (χ2v) is 7.11. The topological polar surface area (TPSA) is 80.3 Å². The third-order valence-electron chi connectivity index (χ3n) is 3.56. The Morgan fingerprint density at radius 2 is 1.92 bits per heavy atom. The minimum absolute atomic E-state index is 0.241. The van der Waals surface area contributed by atoms with E-state index in [9.17, 15) is 9.59 Å². The number of ether oxygens (including phenoxy) is 1. The van der Waals surface area contributed by atoms with Crippen LogP contribution < -0.4 is 10.6 Å². The average Bonchev–Trinajstić information content (AvgIpc) is 2.94. The van der Waals surface area contributed by atoms with Crippen molar-refractivity contribution in [3.05, 3.63) is 36.0 Å². The highest BCUT2D eigenvalue weighted by Crippen LogP contribution is 2.32. The van der Waals surface area contributed by atoms with E-state index in [1.807, 2.05) is 51.1 Å². The molecule has 0 bridgehead atoms. The summed E-state index contributed by atoms with van der Waals surface area (Å²) in [4.78, 5) is 29.5. The SMILES string of the molecule is COC(=O)NC(CC(C)C)C(=O)Nc1nc(C)c(-c2ccccc2)s1. The van der Waals surface area contributed by atoms with Gasteiger partial charge in [-0.15, -0.1) is 0 Å². The van der Waals surface area contributed by atoms with Gasteiger partial charge in [0.05, 0.1) is 17.7 Å². The number of aromatic nitrogens is 1. The van der Waals surface area contributed by atoms with Crippen molar-refractivity contribution in [3.63, 3.8) is 0 Å². The Morgan fingerprint density at radius 3 is 2.52 bits per heavy atom. The van der Waals surface area contributed by atoms with Gasteiger partial charge in [0.2, 0.25) is 5.91 Å². The van der Waals surface area contributed by atoms with Crippen LogP contribution in [-0.4, -0.2) is 30.1 Å². The van der Waals surface area contributed by atoms with E-state index in [4.69, 9.17) is 0 Å². The van der Waals surface area contributed by atoms with Crippen LogP contribution in [0.1, 0.15) is 26.0 Å². The van der Waals surface area contributed by atoms with Gasteiger partial charge in [0, 0.05) is 0 Å². The van der Waals surface area contributed by atoms with E-state index in [-0.39, 0.29) is 11.8 Å². The molecule has 0 aliphatic heterocycles. The molecule has 134 valence electrons. The molecule has 2 N–H and O–H groups in total. The van der Waals surface area contributed by atoms with Gasteiger partial charge in [0.25, 0.3) is 0 Å². The van der Waals surface area contributed by atoms with Gasteiger partial charge in [-0.3, -0.25) is 4.79 Å². The van der Waals surface area contributed by atoms with E-state index < -0.39 is 12.1 Å². The van der Waals surface area contributed by atoms with Crippen LogP contribution in [0.4, 0.5) is 9.93 Å². The van der Waals surface area contributed by atoms with Crippen molar-refractivity contribution < 1.29 is 14.3 Å². The lowest BCUT2D eigenvalue weighted by Crippen LogP contribution is -2.44. The number of anilines is 1. The van der Waals surface area contributed by atoms with E-state index in [0.29, 0.717) is 11.6 Å². The molecule has 1 atom stereocenters. The number of alkyl carbamates (subject to hydrolysis) is 1. The van der Waals surface area contributed by atoms with Crippen molar-refractivity contribution in [1.82, 2.24) is 10.3 Å². The molecule has 0 radical (unpaired) electrons. The van der Waals surface area contributed by atoms with E-state index in [0.717, 1.165) is 16.1 Å². The van der Waals surface area contributed by atoms with Gasteiger partial charge < -0.3 is 15.4 Å². The number of thiazole rings is 1. The largest absolute Gasteiger partial charge is 0.453 e. The third kappa shape index (κ3) is 5.29. The molecule has 1 unspecified atom stereocenters.